The number of rotatable bonds is 5. The lowest BCUT2D eigenvalue weighted by atomic mass is 10.2. The summed E-state index contributed by atoms with van der Waals surface area (Å²) >= 11 is 5.91. The summed E-state index contributed by atoms with van der Waals surface area (Å²) in [6.45, 7) is 3.03. The van der Waals surface area contributed by atoms with Crippen LogP contribution in [0, 0.1) is 0 Å². The topological polar surface area (TPSA) is 47.3 Å². The first-order valence-electron chi connectivity index (χ1n) is 4.58. The van der Waals surface area contributed by atoms with Crippen LogP contribution in [0.5, 0.6) is 0 Å². The second-order valence-electron chi connectivity index (χ2n) is 3.07. The van der Waals surface area contributed by atoms with E-state index in [2.05, 4.69) is 5.10 Å². The SMILES string of the molecule is CCCn1ncc(Cl)c1C(O)COC. The van der Waals surface area contributed by atoms with Gasteiger partial charge in [0.25, 0.3) is 0 Å². The Morgan fingerprint density at radius 3 is 3.00 bits per heavy atom. The number of halogens is 1. The third kappa shape index (κ3) is 2.47. The predicted octanol–water partition coefficient (Wildman–Crippen LogP) is 1.63. The van der Waals surface area contributed by atoms with Crippen LogP contribution in [-0.2, 0) is 11.3 Å². The van der Waals surface area contributed by atoms with Gasteiger partial charge in [0, 0.05) is 13.7 Å². The molecule has 0 aliphatic carbocycles. The van der Waals surface area contributed by atoms with Gasteiger partial charge in [0.1, 0.15) is 6.10 Å². The van der Waals surface area contributed by atoms with Gasteiger partial charge in [-0.05, 0) is 6.42 Å². The van der Waals surface area contributed by atoms with Gasteiger partial charge >= 0.3 is 0 Å². The molecular weight excluding hydrogens is 204 g/mol. The highest BCUT2D eigenvalue weighted by Gasteiger charge is 2.17. The van der Waals surface area contributed by atoms with Crippen LogP contribution in [0.1, 0.15) is 25.1 Å². The first kappa shape index (κ1) is 11.5. The molecule has 0 aliphatic rings. The Hall–Kier alpha value is -0.580. The van der Waals surface area contributed by atoms with E-state index in [0.717, 1.165) is 13.0 Å². The normalized spacial score (nSPS) is 13.1. The molecule has 14 heavy (non-hydrogen) atoms. The third-order valence-corrected chi connectivity index (χ3v) is 2.20. The summed E-state index contributed by atoms with van der Waals surface area (Å²) in [6.07, 6.45) is 1.79. The quantitative estimate of drug-likeness (QED) is 0.817. The smallest absolute Gasteiger partial charge is 0.120 e. The van der Waals surface area contributed by atoms with E-state index in [1.807, 2.05) is 6.92 Å². The number of aliphatic hydroxyl groups is 1. The minimum absolute atomic E-state index is 0.231. The monoisotopic (exact) mass is 218 g/mol. The van der Waals surface area contributed by atoms with E-state index >= 15 is 0 Å². The van der Waals surface area contributed by atoms with Crippen molar-refractivity contribution in [2.75, 3.05) is 13.7 Å². The maximum Gasteiger partial charge on any atom is 0.120 e. The number of methoxy groups -OCH3 is 1. The molecule has 1 heterocycles. The van der Waals surface area contributed by atoms with Crippen LogP contribution in [0.4, 0.5) is 0 Å². The van der Waals surface area contributed by atoms with Crippen molar-refractivity contribution in [3.05, 3.63) is 16.9 Å². The molecule has 4 nitrogen and oxygen atoms in total. The van der Waals surface area contributed by atoms with Crippen molar-refractivity contribution in [3.8, 4) is 0 Å². The molecule has 0 saturated carbocycles. The maximum atomic E-state index is 9.73. The van der Waals surface area contributed by atoms with Crippen molar-refractivity contribution in [2.24, 2.45) is 0 Å². The zero-order chi connectivity index (χ0) is 10.6. The second kappa shape index (κ2) is 5.34. The molecule has 0 saturated heterocycles. The minimum atomic E-state index is -0.707. The van der Waals surface area contributed by atoms with E-state index in [-0.39, 0.29) is 6.61 Å². The van der Waals surface area contributed by atoms with E-state index in [1.54, 1.807) is 10.9 Å². The van der Waals surface area contributed by atoms with Crippen LogP contribution in [-0.4, -0.2) is 28.6 Å². The molecule has 1 aromatic heterocycles. The van der Waals surface area contributed by atoms with Gasteiger partial charge in [-0.2, -0.15) is 5.10 Å². The number of aryl methyl sites for hydroxylation is 1. The number of aliphatic hydroxyl groups excluding tert-OH is 1. The Balaban J connectivity index is 2.86. The van der Waals surface area contributed by atoms with E-state index in [9.17, 15) is 5.11 Å². The molecule has 1 aromatic rings. The van der Waals surface area contributed by atoms with E-state index < -0.39 is 6.10 Å². The number of aromatic nitrogens is 2. The first-order valence-corrected chi connectivity index (χ1v) is 4.96. The molecule has 0 aromatic carbocycles. The molecule has 80 valence electrons. The lowest BCUT2D eigenvalue weighted by Crippen LogP contribution is -2.13. The largest absolute Gasteiger partial charge is 0.384 e. The molecule has 5 heteroatoms. The molecule has 0 spiro atoms. The average Bonchev–Trinajstić information content (AvgIpc) is 2.48. The molecule has 0 aliphatic heterocycles. The fourth-order valence-corrected chi connectivity index (χ4v) is 1.60. The Morgan fingerprint density at radius 1 is 1.71 bits per heavy atom. The Morgan fingerprint density at radius 2 is 2.43 bits per heavy atom. The van der Waals surface area contributed by atoms with Crippen LogP contribution >= 0.6 is 11.6 Å². The highest BCUT2D eigenvalue weighted by molar-refractivity contribution is 6.31. The molecule has 1 rings (SSSR count). The van der Waals surface area contributed by atoms with Crippen LogP contribution in [0.3, 0.4) is 0 Å². The van der Waals surface area contributed by atoms with Gasteiger partial charge in [0.15, 0.2) is 0 Å². The molecule has 1 atom stereocenters. The highest BCUT2D eigenvalue weighted by Crippen LogP contribution is 2.22. The number of ether oxygens (including phenoxy) is 1. The Labute approximate surface area is 88.4 Å². The van der Waals surface area contributed by atoms with E-state index in [4.69, 9.17) is 16.3 Å². The Bertz CT molecular complexity index is 288. The summed E-state index contributed by atoms with van der Waals surface area (Å²) in [4.78, 5) is 0. The first-order chi connectivity index (χ1) is 6.70. The molecular formula is C9H15ClN2O2. The molecule has 0 radical (unpaired) electrons. The van der Waals surface area contributed by atoms with Crippen molar-refractivity contribution in [1.29, 1.82) is 0 Å². The van der Waals surface area contributed by atoms with Crippen LogP contribution < -0.4 is 0 Å². The number of nitrogens with zero attached hydrogens (tertiary/aromatic N) is 2. The van der Waals surface area contributed by atoms with E-state index in [0.29, 0.717) is 10.7 Å². The Kier molecular flexibility index (Phi) is 4.38. The lowest BCUT2D eigenvalue weighted by molar-refractivity contribution is 0.0586. The summed E-state index contributed by atoms with van der Waals surface area (Å²) < 4.78 is 6.58. The standard InChI is InChI=1S/C9H15ClN2O2/c1-3-4-12-9(7(10)5-11-12)8(13)6-14-2/h5,8,13H,3-4,6H2,1-2H3. The van der Waals surface area contributed by atoms with Crippen molar-refractivity contribution in [3.63, 3.8) is 0 Å². The van der Waals surface area contributed by atoms with Gasteiger partial charge in [0.05, 0.1) is 23.5 Å². The summed E-state index contributed by atoms with van der Waals surface area (Å²) in [7, 11) is 1.54. The fourth-order valence-electron chi connectivity index (χ4n) is 1.33. The molecule has 0 bridgehead atoms. The molecule has 0 fully saturated rings. The van der Waals surface area contributed by atoms with Crippen molar-refractivity contribution < 1.29 is 9.84 Å². The average molecular weight is 219 g/mol. The van der Waals surface area contributed by atoms with Crippen LogP contribution in [0.2, 0.25) is 5.02 Å². The van der Waals surface area contributed by atoms with Crippen molar-refractivity contribution in [2.45, 2.75) is 26.0 Å². The van der Waals surface area contributed by atoms with Gasteiger partial charge in [-0.25, -0.2) is 0 Å². The fraction of sp³-hybridized carbons (Fsp3) is 0.667. The molecule has 1 N–H and O–H groups in total. The van der Waals surface area contributed by atoms with E-state index in [1.165, 1.54) is 7.11 Å². The summed E-state index contributed by atoms with van der Waals surface area (Å²) in [5.41, 5.74) is 0.635. The highest BCUT2D eigenvalue weighted by atomic mass is 35.5. The maximum absolute atomic E-state index is 9.73. The van der Waals surface area contributed by atoms with Crippen molar-refractivity contribution >= 4 is 11.6 Å². The van der Waals surface area contributed by atoms with Gasteiger partial charge in [0.2, 0.25) is 0 Å². The predicted molar refractivity (Wildman–Crippen MR) is 54.4 cm³/mol. The summed E-state index contributed by atoms with van der Waals surface area (Å²) in [5.74, 6) is 0. The lowest BCUT2D eigenvalue weighted by Gasteiger charge is -2.12. The number of hydrogen-bond acceptors (Lipinski definition) is 3. The van der Waals surface area contributed by atoms with Crippen LogP contribution in [0.25, 0.3) is 0 Å². The zero-order valence-corrected chi connectivity index (χ0v) is 9.16. The number of hydrogen-bond donors (Lipinski definition) is 1. The minimum Gasteiger partial charge on any atom is -0.384 e. The van der Waals surface area contributed by atoms with Gasteiger partial charge < -0.3 is 9.84 Å². The molecule has 1 unspecified atom stereocenters. The second-order valence-corrected chi connectivity index (χ2v) is 3.48. The van der Waals surface area contributed by atoms with Crippen LogP contribution in [0.15, 0.2) is 6.20 Å². The summed E-state index contributed by atoms with van der Waals surface area (Å²) in [6, 6.07) is 0. The zero-order valence-electron chi connectivity index (χ0n) is 8.40. The van der Waals surface area contributed by atoms with Gasteiger partial charge in [-0.15, -0.1) is 0 Å². The van der Waals surface area contributed by atoms with Gasteiger partial charge in [-0.1, -0.05) is 18.5 Å². The van der Waals surface area contributed by atoms with Gasteiger partial charge in [-0.3, -0.25) is 4.68 Å². The molecule has 0 amide bonds. The van der Waals surface area contributed by atoms with Crippen molar-refractivity contribution in [1.82, 2.24) is 9.78 Å². The third-order valence-electron chi connectivity index (χ3n) is 1.91. The summed E-state index contributed by atoms with van der Waals surface area (Å²) in [5, 5.41) is 14.3.